The molecular formula is C8H14N2O3S. The van der Waals surface area contributed by atoms with E-state index in [1.807, 2.05) is 6.92 Å². The van der Waals surface area contributed by atoms with E-state index in [9.17, 15) is 8.42 Å². The maximum absolute atomic E-state index is 11.2. The third-order valence-corrected chi connectivity index (χ3v) is 3.29. The summed E-state index contributed by atoms with van der Waals surface area (Å²) in [6.45, 7) is 2.48. The summed E-state index contributed by atoms with van der Waals surface area (Å²) in [6.07, 6.45) is 1.43. The van der Waals surface area contributed by atoms with Crippen molar-refractivity contribution < 1.29 is 13.2 Å². The minimum Gasteiger partial charge on any atom is -0.378 e. The molecule has 0 aromatic heterocycles. The fourth-order valence-electron chi connectivity index (χ4n) is 1.49. The van der Waals surface area contributed by atoms with Crippen LogP contribution in [0.25, 0.3) is 0 Å². The standard InChI is InChI=1S/C8H14N2O3S/c1-7-6-8(2-4-13-7)10-14(11,12)5-3-9/h7-8,10H,2,4-6H2,1H3. The molecule has 1 N–H and O–H groups in total. The van der Waals surface area contributed by atoms with Gasteiger partial charge in [-0.1, -0.05) is 0 Å². The zero-order valence-electron chi connectivity index (χ0n) is 8.06. The van der Waals surface area contributed by atoms with E-state index in [1.54, 1.807) is 6.07 Å². The second-order valence-corrected chi connectivity index (χ2v) is 5.19. The first-order valence-electron chi connectivity index (χ1n) is 4.52. The van der Waals surface area contributed by atoms with E-state index in [2.05, 4.69) is 4.72 Å². The third kappa shape index (κ3) is 3.62. The first-order chi connectivity index (χ1) is 6.53. The summed E-state index contributed by atoms with van der Waals surface area (Å²) in [5, 5.41) is 8.29. The molecule has 1 saturated heterocycles. The molecule has 0 spiro atoms. The van der Waals surface area contributed by atoms with E-state index in [0.717, 1.165) is 0 Å². The van der Waals surface area contributed by atoms with Gasteiger partial charge in [-0.25, -0.2) is 13.1 Å². The number of nitriles is 1. The van der Waals surface area contributed by atoms with E-state index in [-0.39, 0.29) is 12.1 Å². The predicted molar refractivity (Wildman–Crippen MR) is 51.0 cm³/mol. The van der Waals surface area contributed by atoms with Crippen molar-refractivity contribution in [1.82, 2.24) is 4.72 Å². The lowest BCUT2D eigenvalue weighted by molar-refractivity contribution is 0.0173. The van der Waals surface area contributed by atoms with Crippen molar-refractivity contribution in [3.63, 3.8) is 0 Å². The lowest BCUT2D eigenvalue weighted by Crippen LogP contribution is -2.41. The van der Waals surface area contributed by atoms with Crippen LogP contribution >= 0.6 is 0 Å². The van der Waals surface area contributed by atoms with E-state index < -0.39 is 15.8 Å². The van der Waals surface area contributed by atoms with Gasteiger partial charge in [-0.2, -0.15) is 5.26 Å². The Balaban J connectivity index is 2.48. The number of nitrogens with one attached hydrogen (secondary N) is 1. The summed E-state index contributed by atoms with van der Waals surface area (Å²) in [4.78, 5) is 0. The van der Waals surface area contributed by atoms with Gasteiger partial charge in [0.15, 0.2) is 5.75 Å². The summed E-state index contributed by atoms with van der Waals surface area (Å²) in [5.41, 5.74) is 0. The highest BCUT2D eigenvalue weighted by molar-refractivity contribution is 7.89. The van der Waals surface area contributed by atoms with Gasteiger partial charge < -0.3 is 4.74 Å². The largest absolute Gasteiger partial charge is 0.378 e. The Kier molecular flexibility index (Phi) is 3.86. The van der Waals surface area contributed by atoms with Crippen LogP contribution in [0.2, 0.25) is 0 Å². The molecule has 0 aliphatic carbocycles. The van der Waals surface area contributed by atoms with Gasteiger partial charge in [0.25, 0.3) is 0 Å². The van der Waals surface area contributed by atoms with Crippen molar-refractivity contribution in [2.75, 3.05) is 12.4 Å². The van der Waals surface area contributed by atoms with Gasteiger partial charge in [-0.3, -0.25) is 0 Å². The molecule has 1 aliphatic rings. The van der Waals surface area contributed by atoms with E-state index in [1.165, 1.54) is 0 Å². The molecule has 5 nitrogen and oxygen atoms in total. The highest BCUT2D eigenvalue weighted by atomic mass is 32.2. The SMILES string of the molecule is CC1CC(NS(=O)(=O)CC#N)CCO1. The molecule has 14 heavy (non-hydrogen) atoms. The molecule has 1 heterocycles. The molecule has 80 valence electrons. The Morgan fingerprint density at radius 3 is 2.93 bits per heavy atom. The van der Waals surface area contributed by atoms with E-state index in [0.29, 0.717) is 19.4 Å². The number of hydrogen-bond donors (Lipinski definition) is 1. The first-order valence-corrected chi connectivity index (χ1v) is 6.17. The Labute approximate surface area is 84.1 Å². The number of hydrogen-bond acceptors (Lipinski definition) is 4. The molecule has 0 saturated carbocycles. The van der Waals surface area contributed by atoms with Crippen molar-refractivity contribution in [3.8, 4) is 6.07 Å². The molecule has 0 amide bonds. The molecule has 0 aromatic rings. The van der Waals surface area contributed by atoms with Crippen molar-refractivity contribution in [3.05, 3.63) is 0 Å². The number of ether oxygens (including phenoxy) is 1. The Bertz CT molecular complexity index is 320. The Morgan fingerprint density at radius 2 is 2.36 bits per heavy atom. The second-order valence-electron chi connectivity index (χ2n) is 3.44. The van der Waals surface area contributed by atoms with Crippen molar-refractivity contribution in [1.29, 1.82) is 5.26 Å². The minimum absolute atomic E-state index is 0.0820. The molecule has 6 heteroatoms. The normalized spacial score (nSPS) is 28.3. The molecule has 1 rings (SSSR count). The molecule has 2 unspecified atom stereocenters. The monoisotopic (exact) mass is 218 g/mol. The van der Waals surface area contributed by atoms with Crippen molar-refractivity contribution >= 4 is 10.0 Å². The topological polar surface area (TPSA) is 79.2 Å². The van der Waals surface area contributed by atoms with Gasteiger partial charge in [-0.15, -0.1) is 0 Å². The summed E-state index contributed by atoms with van der Waals surface area (Å²) in [7, 11) is -3.42. The smallest absolute Gasteiger partial charge is 0.225 e. The van der Waals surface area contributed by atoms with Crippen LogP contribution in [0.3, 0.4) is 0 Å². The summed E-state index contributed by atoms with van der Waals surface area (Å²) in [6, 6.07) is 1.54. The second kappa shape index (κ2) is 4.73. The van der Waals surface area contributed by atoms with Crippen LogP contribution < -0.4 is 4.72 Å². The third-order valence-electron chi connectivity index (χ3n) is 2.09. The maximum Gasteiger partial charge on any atom is 0.225 e. The van der Waals surface area contributed by atoms with Crippen LogP contribution in [0.4, 0.5) is 0 Å². The van der Waals surface area contributed by atoms with Crippen molar-refractivity contribution in [2.45, 2.75) is 31.9 Å². The highest BCUT2D eigenvalue weighted by Crippen LogP contribution is 2.13. The van der Waals surface area contributed by atoms with Gasteiger partial charge in [-0.05, 0) is 19.8 Å². The number of sulfonamides is 1. The molecule has 1 aliphatic heterocycles. The number of nitrogens with zero attached hydrogens (tertiary/aromatic N) is 1. The maximum atomic E-state index is 11.2. The average Bonchev–Trinajstić information content (AvgIpc) is 2.02. The highest BCUT2D eigenvalue weighted by Gasteiger charge is 2.23. The first kappa shape index (κ1) is 11.4. The lowest BCUT2D eigenvalue weighted by atomic mass is 10.1. The van der Waals surface area contributed by atoms with Gasteiger partial charge in [0.1, 0.15) is 0 Å². The van der Waals surface area contributed by atoms with Crippen LogP contribution in [0.5, 0.6) is 0 Å². The fraction of sp³-hybridized carbons (Fsp3) is 0.875. The zero-order chi connectivity index (χ0) is 10.6. The average molecular weight is 218 g/mol. The van der Waals surface area contributed by atoms with Gasteiger partial charge in [0.2, 0.25) is 10.0 Å². The number of rotatable bonds is 3. The summed E-state index contributed by atoms with van der Waals surface area (Å²) in [5.74, 6) is -0.473. The fourth-order valence-corrected chi connectivity index (χ4v) is 2.46. The van der Waals surface area contributed by atoms with Gasteiger partial charge in [0, 0.05) is 12.6 Å². The Morgan fingerprint density at radius 1 is 1.64 bits per heavy atom. The van der Waals surface area contributed by atoms with Crippen LogP contribution in [0.15, 0.2) is 0 Å². The minimum atomic E-state index is -3.42. The van der Waals surface area contributed by atoms with Crippen molar-refractivity contribution in [2.24, 2.45) is 0 Å². The van der Waals surface area contributed by atoms with Crippen LogP contribution in [-0.4, -0.2) is 32.9 Å². The van der Waals surface area contributed by atoms with E-state index in [4.69, 9.17) is 10.00 Å². The summed E-state index contributed by atoms with van der Waals surface area (Å²) < 4.78 is 30.2. The zero-order valence-corrected chi connectivity index (χ0v) is 8.88. The molecule has 0 aromatic carbocycles. The molecule has 2 atom stereocenters. The van der Waals surface area contributed by atoms with Crippen LogP contribution in [0.1, 0.15) is 19.8 Å². The molecule has 0 radical (unpaired) electrons. The summed E-state index contributed by atoms with van der Waals surface area (Å²) >= 11 is 0. The Hall–Kier alpha value is -0.640. The lowest BCUT2D eigenvalue weighted by Gasteiger charge is -2.27. The van der Waals surface area contributed by atoms with Gasteiger partial charge in [0.05, 0.1) is 12.2 Å². The van der Waals surface area contributed by atoms with Crippen LogP contribution in [-0.2, 0) is 14.8 Å². The molecular weight excluding hydrogens is 204 g/mol. The molecule has 1 fully saturated rings. The molecule has 0 bridgehead atoms. The quantitative estimate of drug-likeness (QED) is 0.723. The van der Waals surface area contributed by atoms with Gasteiger partial charge >= 0.3 is 0 Å². The van der Waals surface area contributed by atoms with Crippen LogP contribution in [0, 0.1) is 11.3 Å². The van der Waals surface area contributed by atoms with E-state index >= 15 is 0 Å². The predicted octanol–water partition coefficient (Wildman–Crippen LogP) is -0.00312.